The fourth-order valence-electron chi connectivity index (χ4n) is 1.38. The van der Waals surface area contributed by atoms with Crippen molar-refractivity contribution in [1.29, 1.82) is 0 Å². The summed E-state index contributed by atoms with van der Waals surface area (Å²) in [6.45, 7) is 5.48. The van der Waals surface area contributed by atoms with Gasteiger partial charge in [0, 0.05) is 18.4 Å². The maximum Gasteiger partial charge on any atom is 0.330 e. The Kier molecular flexibility index (Phi) is 9.10. The predicted molar refractivity (Wildman–Crippen MR) is 69.5 cm³/mol. The number of carbonyl (C=O) groups excluding carboxylic acids is 1. The van der Waals surface area contributed by atoms with Gasteiger partial charge in [0.15, 0.2) is 7.37 Å². The van der Waals surface area contributed by atoms with Gasteiger partial charge in [-0.1, -0.05) is 32.8 Å². The zero-order valence-corrected chi connectivity index (χ0v) is 11.5. The van der Waals surface area contributed by atoms with Crippen molar-refractivity contribution in [1.82, 2.24) is 0 Å². The summed E-state index contributed by atoms with van der Waals surface area (Å²) < 4.78 is 16.1. The summed E-state index contributed by atoms with van der Waals surface area (Å²) in [5.41, 5.74) is 0. The highest BCUT2D eigenvalue weighted by atomic mass is 31.2. The minimum absolute atomic E-state index is 0.366. The van der Waals surface area contributed by atoms with Crippen molar-refractivity contribution in [3.8, 4) is 0 Å². The van der Waals surface area contributed by atoms with E-state index < -0.39 is 7.37 Å². The van der Waals surface area contributed by atoms with Crippen LogP contribution >= 0.6 is 7.37 Å². The monoisotopic (exact) mass is 262 g/mol. The first-order valence-corrected chi connectivity index (χ1v) is 8.15. The molecule has 0 radical (unpaired) electrons. The maximum absolute atomic E-state index is 11.3. The van der Waals surface area contributed by atoms with Gasteiger partial charge in [-0.25, -0.2) is 4.79 Å². The molecule has 0 heterocycles. The van der Waals surface area contributed by atoms with Gasteiger partial charge in [-0.3, -0.25) is 4.57 Å². The summed E-state index contributed by atoms with van der Waals surface area (Å²) in [5.74, 6) is -0.380. The van der Waals surface area contributed by atoms with E-state index in [2.05, 4.69) is 6.58 Å². The zero-order valence-electron chi connectivity index (χ0n) is 10.6. The largest absolute Gasteiger partial charge is 0.463 e. The van der Waals surface area contributed by atoms with Gasteiger partial charge >= 0.3 is 5.97 Å². The van der Waals surface area contributed by atoms with Crippen LogP contribution in [-0.4, -0.2) is 29.8 Å². The van der Waals surface area contributed by atoms with Crippen LogP contribution in [0.2, 0.25) is 0 Å². The number of unbranched alkanes of at least 4 members (excludes halogenated alkanes) is 4. The Labute approximate surface area is 104 Å². The molecule has 0 aromatic carbocycles. The molecule has 0 aliphatic carbocycles. The van der Waals surface area contributed by atoms with Crippen LogP contribution in [0.4, 0.5) is 0 Å². The zero-order chi connectivity index (χ0) is 13.1. The van der Waals surface area contributed by atoms with Crippen LogP contribution in [0.25, 0.3) is 0 Å². The minimum atomic E-state index is -2.83. The Morgan fingerprint density at radius 2 is 1.88 bits per heavy atom. The molecular formula is C12H23O4P. The van der Waals surface area contributed by atoms with Crippen molar-refractivity contribution in [3.63, 3.8) is 0 Å². The van der Waals surface area contributed by atoms with Crippen LogP contribution in [0.1, 0.15) is 39.0 Å². The quantitative estimate of drug-likeness (QED) is 0.284. The van der Waals surface area contributed by atoms with E-state index in [-0.39, 0.29) is 5.97 Å². The second-order valence-corrected chi connectivity index (χ2v) is 6.80. The lowest BCUT2D eigenvalue weighted by molar-refractivity contribution is -0.137. The molecular weight excluding hydrogens is 239 g/mol. The number of hydrogen-bond donors (Lipinski definition) is 1. The van der Waals surface area contributed by atoms with Gasteiger partial charge < -0.3 is 9.63 Å². The lowest BCUT2D eigenvalue weighted by Gasteiger charge is -2.08. The van der Waals surface area contributed by atoms with E-state index in [1.54, 1.807) is 6.92 Å². The third-order valence-corrected chi connectivity index (χ3v) is 4.56. The van der Waals surface area contributed by atoms with Gasteiger partial charge in [0.25, 0.3) is 0 Å². The molecule has 1 atom stereocenters. The van der Waals surface area contributed by atoms with Crippen molar-refractivity contribution in [2.24, 2.45) is 0 Å². The third-order valence-electron chi connectivity index (χ3n) is 2.56. The first-order valence-electron chi connectivity index (χ1n) is 6.12. The highest BCUT2D eigenvalue weighted by Crippen LogP contribution is 2.40. The predicted octanol–water partition coefficient (Wildman–Crippen LogP) is 2.96. The molecule has 0 saturated carbocycles. The Hall–Kier alpha value is -0.600. The maximum atomic E-state index is 11.3. The Morgan fingerprint density at radius 3 is 2.47 bits per heavy atom. The fourth-order valence-corrected chi connectivity index (χ4v) is 2.42. The van der Waals surface area contributed by atoms with Crippen molar-refractivity contribution in [2.75, 3.05) is 18.9 Å². The molecule has 0 fully saturated rings. The molecule has 0 spiro atoms. The number of esters is 1. The summed E-state index contributed by atoms with van der Waals surface area (Å²) in [6.07, 6.45) is 6.53. The molecule has 4 nitrogen and oxygen atoms in total. The minimum Gasteiger partial charge on any atom is -0.463 e. The van der Waals surface area contributed by atoms with Gasteiger partial charge in [-0.2, -0.15) is 0 Å². The van der Waals surface area contributed by atoms with Crippen LogP contribution in [0.5, 0.6) is 0 Å². The highest BCUT2D eigenvalue weighted by Gasteiger charge is 2.13. The average Bonchev–Trinajstić information content (AvgIpc) is 2.32. The van der Waals surface area contributed by atoms with Gasteiger partial charge in [0.05, 0.1) is 6.61 Å². The lowest BCUT2D eigenvalue weighted by atomic mass is 10.2. The van der Waals surface area contributed by atoms with E-state index in [0.29, 0.717) is 18.9 Å². The van der Waals surface area contributed by atoms with E-state index in [9.17, 15) is 14.3 Å². The van der Waals surface area contributed by atoms with Gasteiger partial charge in [-0.05, 0) is 12.8 Å². The molecule has 0 saturated heterocycles. The molecule has 1 N–H and O–H groups in total. The van der Waals surface area contributed by atoms with Crippen LogP contribution in [0.15, 0.2) is 12.7 Å². The topological polar surface area (TPSA) is 63.6 Å². The van der Waals surface area contributed by atoms with Crippen LogP contribution in [0, 0.1) is 0 Å². The summed E-state index contributed by atoms with van der Waals surface area (Å²) in [5, 5.41) is 0. The first-order chi connectivity index (χ1) is 8.02. The Morgan fingerprint density at radius 1 is 1.29 bits per heavy atom. The summed E-state index contributed by atoms with van der Waals surface area (Å²) in [6, 6.07) is 0. The molecule has 17 heavy (non-hydrogen) atoms. The van der Waals surface area contributed by atoms with E-state index in [4.69, 9.17) is 4.74 Å². The van der Waals surface area contributed by atoms with Crippen LogP contribution < -0.4 is 0 Å². The third kappa shape index (κ3) is 10.3. The van der Waals surface area contributed by atoms with E-state index in [1.807, 2.05) is 0 Å². The lowest BCUT2D eigenvalue weighted by Crippen LogP contribution is -2.01. The second-order valence-electron chi connectivity index (χ2n) is 4.03. The smallest absolute Gasteiger partial charge is 0.330 e. The molecule has 0 aromatic heterocycles. The number of carbonyl (C=O) groups is 1. The van der Waals surface area contributed by atoms with Crippen molar-refractivity contribution < 1.29 is 19.0 Å². The van der Waals surface area contributed by atoms with E-state index >= 15 is 0 Å². The standard InChI is InChI=1S/C12H23O4P/c1-3-12(13)16-10-8-6-5-7-9-11-17(14,15)4-2/h3H,1,4-11H2,2H3,(H,14,15). The molecule has 0 amide bonds. The van der Waals surface area contributed by atoms with Crippen molar-refractivity contribution in [2.45, 2.75) is 39.0 Å². The summed E-state index contributed by atoms with van der Waals surface area (Å²) in [7, 11) is -2.83. The van der Waals surface area contributed by atoms with Gasteiger partial charge in [0.2, 0.25) is 0 Å². The van der Waals surface area contributed by atoms with E-state index in [0.717, 1.165) is 38.2 Å². The second kappa shape index (κ2) is 9.43. The molecule has 0 aliphatic heterocycles. The van der Waals surface area contributed by atoms with Crippen LogP contribution in [0.3, 0.4) is 0 Å². The Bertz CT molecular complexity index is 276. The van der Waals surface area contributed by atoms with Crippen LogP contribution in [-0.2, 0) is 14.1 Å². The van der Waals surface area contributed by atoms with Crippen molar-refractivity contribution >= 4 is 13.3 Å². The van der Waals surface area contributed by atoms with Gasteiger partial charge in [-0.15, -0.1) is 0 Å². The molecule has 0 aromatic rings. The molecule has 0 bridgehead atoms. The SMILES string of the molecule is C=CC(=O)OCCCCCCCP(=O)(O)CC. The summed E-state index contributed by atoms with van der Waals surface area (Å²) >= 11 is 0. The molecule has 0 aliphatic rings. The highest BCUT2D eigenvalue weighted by molar-refractivity contribution is 7.57. The normalized spacial score (nSPS) is 14.0. The molecule has 5 heteroatoms. The van der Waals surface area contributed by atoms with Crippen molar-refractivity contribution in [3.05, 3.63) is 12.7 Å². The van der Waals surface area contributed by atoms with E-state index in [1.165, 1.54) is 0 Å². The number of hydrogen-bond acceptors (Lipinski definition) is 3. The first kappa shape index (κ1) is 16.4. The Balaban J connectivity index is 3.27. The number of rotatable bonds is 10. The fraction of sp³-hybridized carbons (Fsp3) is 0.750. The van der Waals surface area contributed by atoms with Gasteiger partial charge in [0.1, 0.15) is 0 Å². The summed E-state index contributed by atoms with van der Waals surface area (Å²) in [4.78, 5) is 20.0. The number of ether oxygens (including phenoxy) is 1. The molecule has 1 unspecified atom stereocenters. The molecule has 100 valence electrons. The average molecular weight is 262 g/mol. The molecule has 0 rings (SSSR count).